The highest BCUT2D eigenvalue weighted by molar-refractivity contribution is 5.79. The summed E-state index contributed by atoms with van der Waals surface area (Å²) in [6.07, 6.45) is 0. The number of hydrogen-bond donors (Lipinski definition) is 3. The largest absolute Gasteiger partial charge is 0.361 e. The van der Waals surface area contributed by atoms with Crippen molar-refractivity contribution >= 4 is 5.96 Å². The number of hydrazine groups is 1. The Morgan fingerprint density at radius 2 is 2.40 bits per heavy atom. The van der Waals surface area contributed by atoms with Crippen molar-refractivity contribution in [3.63, 3.8) is 0 Å². The van der Waals surface area contributed by atoms with Crippen molar-refractivity contribution in [3.8, 4) is 0 Å². The van der Waals surface area contributed by atoms with Crippen molar-refractivity contribution in [2.24, 2.45) is 10.8 Å². The molecule has 84 valence electrons. The summed E-state index contributed by atoms with van der Waals surface area (Å²) in [4.78, 5) is 4.21. The lowest BCUT2D eigenvalue weighted by molar-refractivity contribution is 0.391. The molecule has 0 aliphatic carbocycles. The molecule has 0 aliphatic rings. The number of nitrogens with one attached hydrogen (secondary N) is 2. The molecule has 0 aliphatic heterocycles. The lowest BCUT2D eigenvalue weighted by Gasteiger charge is -2.11. The van der Waals surface area contributed by atoms with Crippen molar-refractivity contribution in [3.05, 3.63) is 17.5 Å². The lowest BCUT2D eigenvalue weighted by atomic mass is 10.4. The highest BCUT2D eigenvalue weighted by atomic mass is 16.5. The molecule has 0 amide bonds. The quantitative estimate of drug-likeness (QED) is 0.289. The predicted octanol–water partition coefficient (Wildman–Crippen LogP) is 0.300. The molecule has 0 bridgehead atoms. The number of rotatable bonds is 3. The Morgan fingerprint density at radius 1 is 1.67 bits per heavy atom. The third kappa shape index (κ3) is 3.99. The second-order valence-electron chi connectivity index (χ2n) is 3.54. The summed E-state index contributed by atoms with van der Waals surface area (Å²) < 4.78 is 4.92. The molecule has 0 saturated carbocycles. The Morgan fingerprint density at radius 3 is 2.87 bits per heavy atom. The van der Waals surface area contributed by atoms with E-state index in [0.29, 0.717) is 12.5 Å². The standard InChI is InChI=1S/C9H17N5O/c1-6(2)12-9(13-10)11-5-8-4-7(3)15-14-8/h4,6H,5,10H2,1-3H3,(H2,11,12,13). The highest BCUT2D eigenvalue weighted by Gasteiger charge is 2.01. The zero-order valence-electron chi connectivity index (χ0n) is 9.24. The van der Waals surface area contributed by atoms with Crippen LogP contribution in [0.15, 0.2) is 15.6 Å². The Labute approximate surface area is 88.9 Å². The molecule has 0 fully saturated rings. The highest BCUT2D eigenvalue weighted by Crippen LogP contribution is 2.02. The van der Waals surface area contributed by atoms with Crippen LogP contribution in [0.3, 0.4) is 0 Å². The van der Waals surface area contributed by atoms with Gasteiger partial charge in [-0.2, -0.15) is 0 Å². The lowest BCUT2D eigenvalue weighted by Crippen LogP contribution is -2.44. The van der Waals surface area contributed by atoms with Crippen molar-refractivity contribution in [2.75, 3.05) is 0 Å². The fraction of sp³-hybridized carbons (Fsp3) is 0.556. The van der Waals surface area contributed by atoms with Crippen molar-refractivity contribution in [2.45, 2.75) is 33.4 Å². The molecule has 4 N–H and O–H groups in total. The molecule has 1 heterocycles. The van der Waals surface area contributed by atoms with Gasteiger partial charge in [-0.3, -0.25) is 5.43 Å². The normalized spacial score (nSPS) is 11.9. The van der Waals surface area contributed by atoms with Crippen LogP contribution in [-0.4, -0.2) is 17.2 Å². The zero-order valence-corrected chi connectivity index (χ0v) is 9.24. The molecule has 6 nitrogen and oxygen atoms in total. The van der Waals surface area contributed by atoms with Gasteiger partial charge in [-0.1, -0.05) is 5.16 Å². The number of aromatic nitrogens is 1. The van der Waals surface area contributed by atoms with Crippen LogP contribution in [0.25, 0.3) is 0 Å². The monoisotopic (exact) mass is 211 g/mol. The van der Waals surface area contributed by atoms with Crippen molar-refractivity contribution in [1.82, 2.24) is 15.9 Å². The number of hydrogen-bond acceptors (Lipinski definition) is 4. The Balaban J connectivity index is 2.54. The van der Waals surface area contributed by atoms with Crippen molar-refractivity contribution in [1.29, 1.82) is 0 Å². The van der Waals surface area contributed by atoms with E-state index in [9.17, 15) is 0 Å². The number of guanidine groups is 1. The van der Waals surface area contributed by atoms with Gasteiger partial charge in [0.25, 0.3) is 0 Å². The van der Waals surface area contributed by atoms with E-state index in [2.05, 4.69) is 20.9 Å². The molecule has 0 saturated heterocycles. The first-order valence-electron chi connectivity index (χ1n) is 4.81. The second-order valence-corrected chi connectivity index (χ2v) is 3.54. The van der Waals surface area contributed by atoms with Gasteiger partial charge in [0.1, 0.15) is 11.5 Å². The maximum Gasteiger partial charge on any atom is 0.206 e. The van der Waals surface area contributed by atoms with Gasteiger partial charge >= 0.3 is 0 Å². The summed E-state index contributed by atoms with van der Waals surface area (Å²) in [7, 11) is 0. The summed E-state index contributed by atoms with van der Waals surface area (Å²) in [5.74, 6) is 6.63. The topological polar surface area (TPSA) is 88.5 Å². The first kappa shape index (κ1) is 11.5. The van der Waals surface area contributed by atoms with Crippen LogP contribution in [0.2, 0.25) is 0 Å². The van der Waals surface area contributed by atoms with Crippen LogP contribution in [0, 0.1) is 6.92 Å². The molecule has 1 aromatic heterocycles. The molecule has 1 aromatic rings. The van der Waals surface area contributed by atoms with Gasteiger partial charge in [0, 0.05) is 12.1 Å². The van der Waals surface area contributed by atoms with Crippen LogP contribution in [0.1, 0.15) is 25.3 Å². The van der Waals surface area contributed by atoms with Gasteiger partial charge in [-0.05, 0) is 20.8 Å². The second kappa shape index (κ2) is 5.35. The molecule has 1 rings (SSSR count). The minimum Gasteiger partial charge on any atom is -0.361 e. The summed E-state index contributed by atoms with van der Waals surface area (Å²) in [6, 6.07) is 2.12. The van der Waals surface area contributed by atoms with Crippen molar-refractivity contribution < 1.29 is 4.52 Å². The minimum absolute atomic E-state index is 0.277. The van der Waals surface area contributed by atoms with Gasteiger partial charge in [0.15, 0.2) is 0 Å². The molecule has 0 atom stereocenters. The zero-order chi connectivity index (χ0) is 11.3. The number of nitrogens with two attached hydrogens (primary N) is 1. The first-order valence-corrected chi connectivity index (χ1v) is 4.81. The third-order valence-electron chi connectivity index (χ3n) is 1.64. The molecule has 0 spiro atoms. The Hall–Kier alpha value is -1.56. The smallest absolute Gasteiger partial charge is 0.206 e. The number of aryl methyl sites for hydroxylation is 1. The van der Waals surface area contributed by atoms with Crippen LogP contribution in [0.4, 0.5) is 0 Å². The summed E-state index contributed by atoms with van der Waals surface area (Å²) in [6.45, 7) is 6.30. The van der Waals surface area contributed by atoms with Crippen LogP contribution in [0.5, 0.6) is 0 Å². The van der Waals surface area contributed by atoms with E-state index < -0.39 is 0 Å². The average molecular weight is 211 g/mol. The van der Waals surface area contributed by atoms with Gasteiger partial charge in [-0.15, -0.1) is 0 Å². The molecule has 0 aromatic carbocycles. The SMILES string of the molecule is Cc1cc(CN=C(NN)NC(C)C)no1. The summed E-state index contributed by atoms with van der Waals surface area (Å²) in [5.41, 5.74) is 3.27. The fourth-order valence-electron chi connectivity index (χ4n) is 1.06. The van der Waals surface area contributed by atoms with E-state index in [0.717, 1.165) is 11.5 Å². The minimum atomic E-state index is 0.277. The molecule has 6 heteroatoms. The van der Waals surface area contributed by atoms with E-state index >= 15 is 0 Å². The van der Waals surface area contributed by atoms with Gasteiger partial charge in [-0.25, -0.2) is 10.8 Å². The Bertz CT molecular complexity index is 331. The van der Waals surface area contributed by atoms with Gasteiger partial charge in [0.05, 0.1) is 6.54 Å². The molecule has 15 heavy (non-hydrogen) atoms. The predicted molar refractivity (Wildman–Crippen MR) is 58.0 cm³/mol. The molecule has 0 radical (unpaired) electrons. The summed E-state index contributed by atoms with van der Waals surface area (Å²) >= 11 is 0. The van der Waals surface area contributed by atoms with E-state index in [1.807, 2.05) is 26.8 Å². The molecule has 0 unspecified atom stereocenters. The Kier molecular flexibility index (Phi) is 4.11. The first-order chi connectivity index (χ1) is 7.11. The maximum atomic E-state index is 5.30. The van der Waals surface area contributed by atoms with E-state index in [1.165, 1.54) is 0 Å². The average Bonchev–Trinajstić information content (AvgIpc) is 2.58. The van der Waals surface area contributed by atoms with Gasteiger partial charge < -0.3 is 9.84 Å². The van der Waals surface area contributed by atoms with Crippen LogP contribution < -0.4 is 16.6 Å². The molecular formula is C9H17N5O. The van der Waals surface area contributed by atoms with Crippen LogP contribution in [-0.2, 0) is 6.54 Å². The van der Waals surface area contributed by atoms with Gasteiger partial charge in [0.2, 0.25) is 5.96 Å². The molecular weight excluding hydrogens is 194 g/mol. The number of aliphatic imine (C=N–C) groups is 1. The van der Waals surface area contributed by atoms with E-state index in [-0.39, 0.29) is 6.04 Å². The maximum absolute atomic E-state index is 5.30. The number of nitrogens with zero attached hydrogens (tertiary/aromatic N) is 2. The van der Waals surface area contributed by atoms with E-state index in [4.69, 9.17) is 10.4 Å². The fourth-order valence-corrected chi connectivity index (χ4v) is 1.06. The summed E-state index contributed by atoms with van der Waals surface area (Å²) in [5, 5.41) is 6.88. The van der Waals surface area contributed by atoms with E-state index in [1.54, 1.807) is 0 Å². The van der Waals surface area contributed by atoms with Crippen LogP contribution >= 0.6 is 0 Å². The third-order valence-corrected chi connectivity index (χ3v) is 1.64.